The first-order chi connectivity index (χ1) is 16.7. The Balaban J connectivity index is 1.94. The van der Waals surface area contributed by atoms with E-state index in [4.69, 9.17) is 19.9 Å². The molecule has 0 saturated carbocycles. The monoisotopic (exact) mass is 495 g/mol. The molecule has 0 bridgehead atoms. The third-order valence-corrected chi connectivity index (χ3v) is 13.0. The van der Waals surface area contributed by atoms with E-state index in [-0.39, 0.29) is 5.95 Å². The molecule has 0 radical (unpaired) electrons. The first-order valence-electron chi connectivity index (χ1n) is 12.6. The Bertz CT molecular complexity index is 1060. The number of aryl methyl sites for hydroxylation is 1. The molecule has 8 heteroatoms. The minimum Gasteiger partial charge on any atom is -0.416 e. The number of benzene rings is 1. The van der Waals surface area contributed by atoms with Gasteiger partial charge in [-0.2, -0.15) is 0 Å². The summed E-state index contributed by atoms with van der Waals surface area (Å²) in [6, 6.07) is 12.0. The molecular weight excluding hydrogens is 454 g/mol. The van der Waals surface area contributed by atoms with Crippen LogP contribution in [-0.4, -0.2) is 41.6 Å². The Morgan fingerprint density at radius 1 is 0.943 bits per heavy atom. The molecule has 3 aromatic rings. The molecule has 2 heterocycles. The smallest absolute Gasteiger partial charge is 0.220 e. The number of ether oxygens (including phenoxy) is 1. The summed E-state index contributed by atoms with van der Waals surface area (Å²) in [6.07, 6.45) is 3.35. The van der Waals surface area contributed by atoms with Gasteiger partial charge in [-0.1, -0.05) is 71.9 Å². The summed E-state index contributed by atoms with van der Waals surface area (Å²) in [4.78, 5) is 13.7. The van der Waals surface area contributed by atoms with Crippen molar-refractivity contribution in [3.05, 3.63) is 48.4 Å². The van der Waals surface area contributed by atoms with Crippen molar-refractivity contribution in [3.63, 3.8) is 0 Å². The maximum atomic E-state index is 6.79. The maximum Gasteiger partial charge on any atom is 0.220 e. The number of aromatic nitrogens is 4. The molecule has 0 spiro atoms. The van der Waals surface area contributed by atoms with Crippen molar-refractivity contribution < 1.29 is 9.16 Å². The number of rotatable bonds is 12. The van der Waals surface area contributed by atoms with Gasteiger partial charge in [0.2, 0.25) is 5.95 Å². The standard InChI is InChI=1S/C27H41N5O2Si/c1-19(2)35(20(3)4,21(5)6)34-17-11-14-24-31-25(22-12-9-8-10-13-22)26(32(24)18-33-7)23-15-16-29-27(28)30-23/h8-10,12-13,15-16,19-21H,11,14,17-18H2,1-7H3,(H2,28,29,30). The van der Waals surface area contributed by atoms with E-state index in [2.05, 4.69) is 68.2 Å². The van der Waals surface area contributed by atoms with Crippen molar-refractivity contribution in [2.45, 2.75) is 77.7 Å². The van der Waals surface area contributed by atoms with Crippen molar-refractivity contribution in [3.8, 4) is 22.6 Å². The predicted octanol–water partition coefficient (Wildman–Crippen LogP) is 6.32. The fraction of sp³-hybridized carbons (Fsp3) is 0.519. The highest BCUT2D eigenvalue weighted by Crippen LogP contribution is 2.42. The van der Waals surface area contributed by atoms with Gasteiger partial charge in [-0.25, -0.2) is 15.0 Å². The zero-order valence-electron chi connectivity index (χ0n) is 22.3. The Morgan fingerprint density at radius 2 is 1.60 bits per heavy atom. The van der Waals surface area contributed by atoms with Crippen LogP contribution in [-0.2, 0) is 22.3 Å². The number of hydrogen-bond donors (Lipinski definition) is 1. The van der Waals surface area contributed by atoms with E-state index in [1.807, 2.05) is 24.3 Å². The molecule has 0 saturated heterocycles. The van der Waals surface area contributed by atoms with Crippen molar-refractivity contribution >= 4 is 14.3 Å². The minimum atomic E-state index is -1.89. The fourth-order valence-electron chi connectivity index (χ4n) is 5.50. The number of nitrogens with two attached hydrogens (primary N) is 1. The number of nitrogens with zero attached hydrogens (tertiary/aromatic N) is 4. The molecule has 0 unspecified atom stereocenters. The van der Waals surface area contributed by atoms with E-state index in [0.29, 0.717) is 23.4 Å². The number of imidazole rings is 1. The molecule has 2 N–H and O–H groups in total. The van der Waals surface area contributed by atoms with Crippen LogP contribution in [0.1, 0.15) is 53.8 Å². The van der Waals surface area contributed by atoms with Crippen LogP contribution in [0, 0.1) is 0 Å². The summed E-state index contributed by atoms with van der Waals surface area (Å²) < 4.78 is 14.5. The number of nitrogen functional groups attached to an aromatic ring is 1. The lowest BCUT2D eigenvalue weighted by Crippen LogP contribution is -2.48. The highest BCUT2D eigenvalue weighted by molar-refractivity contribution is 6.77. The van der Waals surface area contributed by atoms with Crippen molar-refractivity contribution in [1.29, 1.82) is 0 Å². The summed E-state index contributed by atoms with van der Waals surface area (Å²) in [5.41, 5.74) is 11.1. The van der Waals surface area contributed by atoms with E-state index in [0.717, 1.165) is 47.9 Å². The molecule has 0 aliphatic carbocycles. The first-order valence-corrected chi connectivity index (χ1v) is 14.7. The summed E-state index contributed by atoms with van der Waals surface area (Å²) >= 11 is 0. The van der Waals surface area contributed by atoms with Gasteiger partial charge in [-0.15, -0.1) is 0 Å². The van der Waals surface area contributed by atoms with Crippen molar-refractivity contribution in [2.75, 3.05) is 19.5 Å². The fourth-order valence-corrected chi connectivity index (χ4v) is 11.0. The third-order valence-electron chi connectivity index (χ3n) is 6.87. The van der Waals surface area contributed by atoms with Gasteiger partial charge in [0.25, 0.3) is 0 Å². The highest BCUT2D eigenvalue weighted by atomic mass is 28.4. The van der Waals surface area contributed by atoms with Crippen LogP contribution in [0.3, 0.4) is 0 Å². The van der Waals surface area contributed by atoms with Crippen LogP contribution in [0.15, 0.2) is 42.6 Å². The number of anilines is 1. The molecule has 0 fully saturated rings. The van der Waals surface area contributed by atoms with E-state index < -0.39 is 8.32 Å². The molecule has 7 nitrogen and oxygen atoms in total. The lowest BCUT2D eigenvalue weighted by atomic mass is 10.1. The van der Waals surface area contributed by atoms with Crippen LogP contribution in [0.4, 0.5) is 5.95 Å². The Labute approximate surface area is 211 Å². The Morgan fingerprint density at radius 3 is 2.17 bits per heavy atom. The second-order valence-electron chi connectivity index (χ2n) is 10.0. The molecule has 2 aromatic heterocycles. The summed E-state index contributed by atoms with van der Waals surface area (Å²) in [5.74, 6) is 1.19. The molecule has 0 aliphatic rings. The summed E-state index contributed by atoms with van der Waals surface area (Å²) in [7, 11) is -0.199. The first kappa shape index (κ1) is 27.0. The van der Waals surface area contributed by atoms with Crippen LogP contribution in [0.5, 0.6) is 0 Å². The van der Waals surface area contributed by atoms with Crippen molar-refractivity contribution in [2.24, 2.45) is 0 Å². The van der Waals surface area contributed by atoms with Crippen LogP contribution >= 0.6 is 0 Å². The SMILES string of the molecule is COCn1c(CCCO[Si](C(C)C)(C(C)C)C(C)C)nc(-c2ccccc2)c1-c1ccnc(N)n1. The van der Waals surface area contributed by atoms with E-state index in [9.17, 15) is 0 Å². The molecule has 35 heavy (non-hydrogen) atoms. The lowest BCUT2D eigenvalue weighted by molar-refractivity contribution is 0.129. The van der Waals surface area contributed by atoms with Gasteiger partial charge in [0.15, 0.2) is 8.32 Å². The molecule has 0 aliphatic heterocycles. The topological polar surface area (TPSA) is 88.1 Å². The number of methoxy groups -OCH3 is 1. The predicted molar refractivity (Wildman–Crippen MR) is 145 cm³/mol. The van der Waals surface area contributed by atoms with E-state index in [1.54, 1.807) is 13.3 Å². The average Bonchev–Trinajstić information content (AvgIpc) is 3.17. The van der Waals surface area contributed by atoms with Gasteiger partial charge in [0.05, 0.1) is 17.1 Å². The Hall–Kier alpha value is -2.55. The van der Waals surface area contributed by atoms with Crippen LogP contribution in [0.2, 0.25) is 16.6 Å². The maximum absolute atomic E-state index is 6.79. The zero-order valence-corrected chi connectivity index (χ0v) is 23.3. The third kappa shape index (κ3) is 5.82. The summed E-state index contributed by atoms with van der Waals surface area (Å²) in [5, 5.41) is 0. The van der Waals surface area contributed by atoms with Gasteiger partial charge in [0.1, 0.15) is 12.6 Å². The second-order valence-corrected chi connectivity index (χ2v) is 15.5. The highest BCUT2D eigenvalue weighted by Gasteiger charge is 2.44. The van der Waals surface area contributed by atoms with E-state index in [1.165, 1.54) is 0 Å². The largest absolute Gasteiger partial charge is 0.416 e. The lowest BCUT2D eigenvalue weighted by Gasteiger charge is -2.42. The van der Waals surface area contributed by atoms with Gasteiger partial charge >= 0.3 is 0 Å². The molecule has 0 atom stereocenters. The molecule has 0 amide bonds. The average molecular weight is 496 g/mol. The number of hydrogen-bond acceptors (Lipinski definition) is 6. The van der Waals surface area contributed by atoms with Gasteiger partial charge < -0.3 is 19.5 Å². The Kier molecular flexibility index (Phi) is 9.21. The minimum absolute atomic E-state index is 0.235. The van der Waals surface area contributed by atoms with Gasteiger partial charge in [-0.05, 0) is 29.1 Å². The molecular formula is C27H41N5O2Si. The molecule has 1 aromatic carbocycles. The molecule has 190 valence electrons. The zero-order chi connectivity index (χ0) is 25.6. The van der Waals surface area contributed by atoms with Crippen LogP contribution in [0.25, 0.3) is 22.6 Å². The second kappa shape index (κ2) is 11.9. The normalized spacial score (nSPS) is 12.3. The van der Waals surface area contributed by atoms with Gasteiger partial charge in [-0.3, -0.25) is 0 Å². The van der Waals surface area contributed by atoms with Crippen LogP contribution < -0.4 is 5.73 Å². The van der Waals surface area contributed by atoms with Gasteiger partial charge in [0, 0.05) is 31.9 Å². The van der Waals surface area contributed by atoms with E-state index >= 15 is 0 Å². The summed E-state index contributed by atoms with van der Waals surface area (Å²) in [6.45, 7) is 15.0. The quantitative estimate of drug-likeness (QED) is 0.234. The molecule has 3 rings (SSSR count). The van der Waals surface area contributed by atoms with Crippen molar-refractivity contribution in [1.82, 2.24) is 19.5 Å².